The predicted molar refractivity (Wildman–Crippen MR) is 96.8 cm³/mol. The Hall–Kier alpha value is -3.41. The summed E-state index contributed by atoms with van der Waals surface area (Å²) < 4.78 is 7.10. The van der Waals surface area contributed by atoms with E-state index >= 15 is 0 Å². The van der Waals surface area contributed by atoms with Gasteiger partial charge in [-0.3, -0.25) is 4.79 Å². The maximum Gasteiger partial charge on any atom is 0.343 e. The Labute approximate surface area is 151 Å². The number of esters is 1. The molecule has 1 atom stereocenters. The lowest BCUT2D eigenvalue weighted by atomic mass is 10.1. The van der Waals surface area contributed by atoms with Crippen molar-refractivity contribution in [2.45, 2.75) is 20.0 Å². The molecule has 2 N–H and O–H groups in total. The minimum atomic E-state index is -1.15. The number of amides is 1. The van der Waals surface area contributed by atoms with Gasteiger partial charge in [0.25, 0.3) is 5.91 Å². The van der Waals surface area contributed by atoms with E-state index in [1.807, 2.05) is 36.4 Å². The Morgan fingerprint density at radius 2 is 1.58 bits per heavy atom. The molecule has 0 aliphatic rings. The summed E-state index contributed by atoms with van der Waals surface area (Å²) in [6, 6.07) is 18.2. The molecule has 1 heterocycles. The third kappa shape index (κ3) is 3.35. The monoisotopic (exact) mass is 349 g/mol. The number of aromatic nitrogens is 2. The van der Waals surface area contributed by atoms with Crippen LogP contribution in [-0.4, -0.2) is 21.7 Å². The van der Waals surface area contributed by atoms with E-state index < -0.39 is 18.0 Å². The maximum atomic E-state index is 12.7. The van der Waals surface area contributed by atoms with Crippen LogP contribution in [0.25, 0.3) is 5.69 Å². The van der Waals surface area contributed by atoms with Gasteiger partial charge in [-0.05, 0) is 26.0 Å². The van der Waals surface area contributed by atoms with Crippen LogP contribution in [-0.2, 0) is 9.53 Å². The van der Waals surface area contributed by atoms with E-state index in [4.69, 9.17) is 10.5 Å². The van der Waals surface area contributed by atoms with Crippen LogP contribution in [0.3, 0.4) is 0 Å². The predicted octanol–water partition coefficient (Wildman–Crippen LogP) is 2.87. The molecular weight excluding hydrogens is 330 g/mol. The number of carbonyl (C=O) groups excluding carboxylic acids is 2. The third-order valence-electron chi connectivity index (χ3n) is 4.08. The van der Waals surface area contributed by atoms with Crippen LogP contribution in [0, 0.1) is 13.8 Å². The van der Waals surface area contributed by atoms with Crippen molar-refractivity contribution in [1.82, 2.24) is 9.78 Å². The highest BCUT2D eigenvalue weighted by molar-refractivity contribution is 5.94. The summed E-state index contributed by atoms with van der Waals surface area (Å²) in [5.41, 5.74) is 8.28. The zero-order valence-electron chi connectivity index (χ0n) is 14.5. The van der Waals surface area contributed by atoms with Gasteiger partial charge in [0.05, 0.1) is 17.1 Å². The number of carbonyl (C=O) groups is 2. The molecule has 0 saturated heterocycles. The molecule has 0 fully saturated rings. The smallest absolute Gasteiger partial charge is 0.343 e. The maximum absolute atomic E-state index is 12.7. The van der Waals surface area contributed by atoms with Crippen molar-refractivity contribution >= 4 is 11.9 Å². The number of primary amides is 1. The standard InChI is InChI=1S/C20H19N3O3/c1-13-17(14(2)23(22-13)16-11-7-4-8-12-16)20(25)26-18(19(21)24)15-9-5-3-6-10-15/h3-12,18H,1-2H3,(H2,21,24). The number of hydrogen-bond acceptors (Lipinski definition) is 4. The van der Waals surface area contributed by atoms with E-state index in [2.05, 4.69) is 5.10 Å². The second kappa shape index (κ2) is 7.23. The Balaban J connectivity index is 1.93. The van der Waals surface area contributed by atoms with Crippen molar-refractivity contribution in [3.05, 3.63) is 83.2 Å². The number of para-hydroxylation sites is 1. The summed E-state index contributed by atoms with van der Waals surface area (Å²) in [4.78, 5) is 24.5. The molecule has 3 aromatic rings. The fraction of sp³-hybridized carbons (Fsp3) is 0.150. The average Bonchev–Trinajstić information content (AvgIpc) is 2.95. The number of nitrogens with two attached hydrogens (primary N) is 1. The van der Waals surface area contributed by atoms with Gasteiger partial charge in [-0.1, -0.05) is 48.5 Å². The molecule has 6 nitrogen and oxygen atoms in total. The first-order chi connectivity index (χ1) is 12.5. The van der Waals surface area contributed by atoms with Crippen molar-refractivity contribution in [3.8, 4) is 5.69 Å². The minimum absolute atomic E-state index is 0.330. The van der Waals surface area contributed by atoms with Crippen LogP contribution in [0.15, 0.2) is 60.7 Å². The molecule has 0 aliphatic carbocycles. The second-order valence-electron chi connectivity index (χ2n) is 5.89. The van der Waals surface area contributed by atoms with Gasteiger partial charge >= 0.3 is 5.97 Å². The molecule has 2 aromatic carbocycles. The summed E-state index contributed by atoms with van der Waals surface area (Å²) >= 11 is 0. The van der Waals surface area contributed by atoms with Gasteiger partial charge < -0.3 is 10.5 Å². The topological polar surface area (TPSA) is 87.2 Å². The highest BCUT2D eigenvalue weighted by atomic mass is 16.5. The Morgan fingerprint density at radius 1 is 1.00 bits per heavy atom. The molecule has 3 rings (SSSR count). The third-order valence-corrected chi connectivity index (χ3v) is 4.08. The van der Waals surface area contributed by atoms with Crippen LogP contribution in [0.5, 0.6) is 0 Å². The van der Waals surface area contributed by atoms with Crippen molar-refractivity contribution in [2.24, 2.45) is 5.73 Å². The highest BCUT2D eigenvalue weighted by Gasteiger charge is 2.27. The van der Waals surface area contributed by atoms with Crippen molar-refractivity contribution < 1.29 is 14.3 Å². The molecule has 0 aliphatic heterocycles. The number of aryl methyl sites for hydroxylation is 1. The number of rotatable bonds is 5. The molecule has 0 bridgehead atoms. The molecular formula is C20H19N3O3. The average molecular weight is 349 g/mol. The number of benzene rings is 2. The first-order valence-electron chi connectivity index (χ1n) is 8.16. The molecule has 1 amide bonds. The van der Waals surface area contributed by atoms with E-state index in [1.54, 1.807) is 42.8 Å². The van der Waals surface area contributed by atoms with Gasteiger partial charge in [-0.15, -0.1) is 0 Å². The van der Waals surface area contributed by atoms with E-state index in [9.17, 15) is 9.59 Å². The first kappa shape index (κ1) is 17.4. The largest absolute Gasteiger partial charge is 0.444 e. The number of nitrogens with zero attached hydrogens (tertiary/aromatic N) is 2. The lowest BCUT2D eigenvalue weighted by Gasteiger charge is -2.15. The van der Waals surface area contributed by atoms with Crippen molar-refractivity contribution in [1.29, 1.82) is 0 Å². The van der Waals surface area contributed by atoms with Gasteiger partial charge in [0.15, 0.2) is 0 Å². The lowest BCUT2D eigenvalue weighted by molar-refractivity contribution is -0.127. The normalized spacial score (nSPS) is 11.8. The summed E-state index contributed by atoms with van der Waals surface area (Å²) in [5.74, 6) is -1.36. The molecule has 0 spiro atoms. The first-order valence-corrected chi connectivity index (χ1v) is 8.16. The van der Waals surface area contributed by atoms with Crippen LogP contribution in [0.1, 0.15) is 33.4 Å². The molecule has 0 radical (unpaired) electrons. The van der Waals surface area contributed by atoms with Crippen molar-refractivity contribution in [2.75, 3.05) is 0 Å². The fourth-order valence-corrected chi connectivity index (χ4v) is 2.84. The van der Waals surface area contributed by atoms with Gasteiger partial charge in [0, 0.05) is 5.56 Å². The zero-order valence-corrected chi connectivity index (χ0v) is 14.5. The SMILES string of the molecule is Cc1nn(-c2ccccc2)c(C)c1C(=O)OC(C(N)=O)c1ccccc1. The fourth-order valence-electron chi connectivity index (χ4n) is 2.84. The molecule has 1 aromatic heterocycles. The Morgan fingerprint density at radius 3 is 2.15 bits per heavy atom. The van der Waals surface area contributed by atoms with E-state index in [0.29, 0.717) is 22.5 Å². The number of ether oxygens (including phenoxy) is 1. The van der Waals surface area contributed by atoms with Gasteiger partial charge in [0.2, 0.25) is 6.10 Å². The molecule has 0 saturated carbocycles. The molecule has 132 valence electrons. The Bertz CT molecular complexity index is 934. The van der Waals surface area contributed by atoms with E-state index in [1.165, 1.54) is 0 Å². The summed E-state index contributed by atoms with van der Waals surface area (Å²) in [6.07, 6.45) is -1.15. The van der Waals surface area contributed by atoms with Crippen molar-refractivity contribution in [3.63, 3.8) is 0 Å². The van der Waals surface area contributed by atoms with E-state index in [-0.39, 0.29) is 0 Å². The lowest BCUT2D eigenvalue weighted by Crippen LogP contribution is -2.26. The number of hydrogen-bond donors (Lipinski definition) is 1. The summed E-state index contributed by atoms with van der Waals surface area (Å²) in [5, 5.41) is 4.43. The van der Waals surface area contributed by atoms with Crippen LogP contribution >= 0.6 is 0 Å². The van der Waals surface area contributed by atoms with Gasteiger partial charge in [-0.2, -0.15) is 5.10 Å². The molecule has 1 unspecified atom stereocenters. The van der Waals surface area contributed by atoms with Crippen LogP contribution in [0.2, 0.25) is 0 Å². The highest BCUT2D eigenvalue weighted by Crippen LogP contribution is 2.23. The Kier molecular flexibility index (Phi) is 4.84. The molecule has 26 heavy (non-hydrogen) atoms. The summed E-state index contributed by atoms with van der Waals surface area (Å²) in [7, 11) is 0. The molecule has 6 heteroatoms. The quantitative estimate of drug-likeness (QED) is 0.718. The van der Waals surface area contributed by atoms with Crippen LogP contribution < -0.4 is 5.73 Å². The van der Waals surface area contributed by atoms with Gasteiger partial charge in [0.1, 0.15) is 5.56 Å². The second-order valence-corrected chi connectivity index (χ2v) is 5.89. The summed E-state index contributed by atoms with van der Waals surface area (Å²) in [6.45, 7) is 3.51. The van der Waals surface area contributed by atoms with Gasteiger partial charge in [-0.25, -0.2) is 9.48 Å². The zero-order chi connectivity index (χ0) is 18.7. The van der Waals surface area contributed by atoms with Crippen LogP contribution in [0.4, 0.5) is 0 Å². The van der Waals surface area contributed by atoms with E-state index in [0.717, 1.165) is 5.69 Å². The minimum Gasteiger partial charge on any atom is -0.444 e.